The molecule has 1 saturated heterocycles. The molecule has 1 heterocycles. The highest BCUT2D eigenvalue weighted by Gasteiger charge is 2.28. The van der Waals surface area contributed by atoms with Crippen LogP contribution in [0.2, 0.25) is 0 Å². The first kappa shape index (κ1) is 36.9. The molecule has 1 rings (SSSR count). The second-order valence-electron chi connectivity index (χ2n) is 8.35. The Balaban J connectivity index is -0.000000155. The van der Waals surface area contributed by atoms with Crippen molar-refractivity contribution in [2.45, 2.75) is 108 Å². The van der Waals surface area contributed by atoms with Crippen molar-refractivity contribution in [3.05, 3.63) is 0 Å². The fourth-order valence-corrected chi connectivity index (χ4v) is 2.17. The maximum Gasteiger partial charge on any atom is 0.230 e. The molecule has 31 heavy (non-hydrogen) atoms. The summed E-state index contributed by atoms with van der Waals surface area (Å²) in [7, 11) is 0. The molecule has 6 nitrogen and oxygen atoms in total. The molecule has 3 amide bonds. The van der Waals surface area contributed by atoms with E-state index in [0.717, 1.165) is 38.1 Å². The number of rotatable bonds is 9. The van der Waals surface area contributed by atoms with E-state index in [1.54, 1.807) is 0 Å². The van der Waals surface area contributed by atoms with Gasteiger partial charge >= 0.3 is 0 Å². The molecule has 1 aliphatic rings. The standard InChI is InChI=1S/C6H9NO2.C6H13NO.C6H14.C5H12O.C2H6/c1-2-4-3-5(8)7-6(4)9;1-3-6(2)4-7-5-8;1-4-5-6(2)3;1-5(2)3-4-6;1-2/h4H,2-3H2,1H3,(H,7,8,9);5-6H,3-4H2,1-2H3,(H,7,8);6H,4-5H2,1-3H3;5-6H,3-4H2,1-2H3;1-2H3. The molecule has 0 aromatic carbocycles. The van der Waals surface area contributed by atoms with Gasteiger partial charge in [-0.05, 0) is 30.6 Å². The first-order valence-electron chi connectivity index (χ1n) is 12.2. The Morgan fingerprint density at radius 3 is 1.71 bits per heavy atom. The van der Waals surface area contributed by atoms with Gasteiger partial charge in [-0.3, -0.25) is 19.7 Å². The summed E-state index contributed by atoms with van der Waals surface area (Å²) < 4.78 is 0. The molecule has 0 aromatic rings. The predicted molar refractivity (Wildman–Crippen MR) is 133 cm³/mol. The zero-order valence-electron chi connectivity index (χ0n) is 22.2. The number of aliphatic hydroxyl groups is 1. The molecule has 1 fully saturated rings. The van der Waals surface area contributed by atoms with E-state index in [4.69, 9.17) is 5.11 Å². The van der Waals surface area contributed by atoms with Gasteiger partial charge < -0.3 is 10.4 Å². The number of nitrogens with one attached hydrogen (secondary N) is 2. The van der Waals surface area contributed by atoms with Crippen LogP contribution in [0.15, 0.2) is 0 Å². The van der Waals surface area contributed by atoms with E-state index in [-0.39, 0.29) is 17.7 Å². The van der Waals surface area contributed by atoms with Crippen molar-refractivity contribution in [2.75, 3.05) is 13.2 Å². The summed E-state index contributed by atoms with van der Waals surface area (Å²) in [6.45, 7) is 22.2. The van der Waals surface area contributed by atoms with Crippen LogP contribution < -0.4 is 10.6 Å². The Kier molecular flexibility index (Phi) is 34.0. The quantitative estimate of drug-likeness (QED) is 0.329. The van der Waals surface area contributed by atoms with Gasteiger partial charge in [0, 0.05) is 25.5 Å². The Morgan fingerprint density at radius 2 is 1.55 bits per heavy atom. The minimum Gasteiger partial charge on any atom is -0.396 e. The highest BCUT2D eigenvalue weighted by molar-refractivity contribution is 6.03. The van der Waals surface area contributed by atoms with Crippen LogP contribution in [0.25, 0.3) is 0 Å². The minimum absolute atomic E-state index is 0.0579. The number of amides is 3. The molecule has 0 spiro atoms. The topological polar surface area (TPSA) is 95.5 Å². The average Bonchev–Trinajstić information content (AvgIpc) is 3.06. The van der Waals surface area contributed by atoms with Crippen molar-refractivity contribution >= 4 is 18.2 Å². The fraction of sp³-hybridized carbons (Fsp3) is 0.880. The lowest BCUT2D eigenvalue weighted by Crippen LogP contribution is -2.21. The van der Waals surface area contributed by atoms with Crippen LogP contribution in [0.3, 0.4) is 0 Å². The van der Waals surface area contributed by atoms with E-state index in [1.165, 1.54) is 12.8 Å². The summed E-state index contributed by atoms with van der Waals surface area (Å²) in [6, 6.07) is 0. The number of carbonyl (C=O) groups excluding carboxylic acids is 3. The third kappa shape index (κ3) is 33.4. The largest absolute Gasteiger partial charge is 0.396 e. The van der Waals surface area contributed by atoms with Crippen molar-refractivity contribution < 1.29 is 19.5 Å². The van der Waals surface area contributed by atoms with Crippen LogP contribution in [0.4, 0.5) is 0 Å². The fourth-order valence-electron chi connectivity index (χ4n) is 2.17. The van der Waals surface area contributed by atoms with Crippen molar-refractivity contribution in [1.29, 1.82) is 0 Å². The number of carbonyl (C=O) groups is 3. The molecule has 3 N–H and O–H groups in total. The molecule has 0 saturated carbocycles. The monoisotopic (exact) mass is 446 g/mol. The lowest BCUT2D eigenvalue weighted by Gasteiger charge is -2.04. The normalized spacial score (nSPS) is 15.1. The summed E-state index contributed by atoms with van der Waals surface area (Å²) in [4.78, 5) is 30.9. The van der Waals surface area contributed by atoms with Crippen LogP contribution in [0.5, 0.6) is 0 Å². The molecule has 1 aliphatic heterocycles. The van der Waals surface area contributed by atoms with Gasteiger partial charge in [0.15, 0.2) is 0 Å². The van der Waals surface area contributed by atoms with E-state index >= 15 is 0 Å². The van der Waals surface area contributed by atoms with Gasteiger partial charge in [-0.25, -0.2) is 0 Å². The van der Waals surface area contributed by atoms with E-state index in [2.05, 4.69) is 59.1 Å². The Labute approximate surface area is 193 Å². The van der Waals surface area contributed by atoms with Crippen molar-refractivity contribution in [1.82, 2.24) is 10.6 Å². The van der Waals surface area contributed by atoms with Gasteiger partial charge in [-0.1, -0.05) is 88.5 Å². The van der Waals surface area contributed by atoms with E-state index < -0.39 is 0 Å². The van der Waals surface area contributed by atoms with Crippen molar-refractivity contribution in [3.63, 3.8) is 0 Å². The van der Waals surface area contributed by atoms with Gasteiger partial charge in [0.1, 0.15) is 0 Å². The van der Waals surface area contributed by atoms with Gasteiger partial charge in [0.05, 0.1) is 0 Å². The number of hydrogen-bond donors (Lipinski definition) is 3. The zero-order valence-corrected chi connectivity index (χ0v) is 22.2. The molecular weight excluding hydrogens is 392 g/mol. The molecule has 0 aliphatic carbocycles. The first-order valence-corrected chi connectivity index (χ1v) is 12.2. The lowest BCUT2D eigenvalue weighted by molar-refractivity contribution is -0.125. The molecule has 0 bridgehead atoms. The minimum atomic E-state index is -0.133. The summed E-state index contributed by atoms with van der Waals surface area (Å²) in [6.07, 6.45) is 6.65. The predicted octanol–water partition coefficient (Wildman–Crippen LogP) is 5.33. The highest BCUT2D eigenvalue weighted by Crippen LogP contribution is 2.13. The second-order valence-corrected chi connectivity index (χ2v) is 8.35. The van der Waals surface area contributed by atoms with Gasteiger partial charge in [0.25, 0.3) is 0 Å². The maximum atomic E-state index is 10.7. The Morgan fingerprint density at radius 1 is 1.03 bits per heavy atom. The third-order valence-electron chi connectivity index (χ3n) is 4.38. The van der Waals surface area contributed by atoms with Gasteiger partial charge in [0.2, 0.25) is 18.2 Å². The summed E-state index contributed by atoms with van der Waals surface area (Å²) >= 11 is 0. The SMILES string of the molecule is CC.CC(C)CCO.CCC(C)CNC=O.CCC1CC(=O)NC1=O.CCCC(C)C. The molecular formula is C25H54N2O4. The second kappa shape index (κ2) is 28.6. The Bertz CT molecular complexity index is 389. The number of aliphatic hydroxyl groups excluding tert-OH is 1. The number of hydrogen-bond acceptors (Lipinski definition) is 4. The molecule has 0 aromatic heterocycles. The Hall–Kier alpha value is -1.43. The average molecular weight is 447 g/mol. The van der Waals surface area contributed by atoms with Crippen LogP contribution >= 0.6 is 0 Å². The summed E-state index contributed by atoms with van der Waals surface area (Å²) in [5.74, 6) is 1.86. The van der Waals surface area contributed by atoms with E-state index in [0.29, 0.717) is 24.9 Å². The molecule has 188 valence electrons. The number of imide groups is 1. The van der Waals surface area contributed by atoms with E-state index in [9.17, 15) is 14.4 Å². The molecule has 6 heteroatoms. The summed E-state index contributed by atoms with van der Waals surface area (Å²) in [5.41, 5.74) is 0. The smallest absolute Gasteiger partial charge is 0.230 e. The van der Waals surface area contributed by atoms with Gasteiger partial charge in [-0.2, -0.15) is 0 Å². The van der Waals surface area contributed by atoms with Crippen molar-refractivity contribution in [2.24, 2.45) is 23.7 Å². The van der Waals surface area contributed by atoms with Crippen LogP contribution in [0.1, 0.15) is 108 Å². The molecule has 0 radical (unpaired) electrons. The first-order chi connectivity index (χ1) is 14.6. The lowest BCUT2D eigenvalue weighted by atomic mass is 10.1. The highest BCUT2D eigenvalue weighted by atomic mass is 16.3. The van der Waals surface area contributed by atoms with E-state index in [1.807, 2.05) is 20.8 Å². The molecule has 2 atom stereocenters. The van der Waals surface area contributed by atoms with Crippen LogP contribution in [-0.2, 0) is 14.4 Å². The van der Waals surface area contributed by atoms with Crippen LogP contribution in [-0.4, -0.2) is 36.5 Å². The zero-order chi connectivity index (χ0) is 25.2. The molecule has 2 unspecified atom stereocenters. The maximum absolute atomic E-state index is 10.7. The third-order valence-corrected chi connectivity index (χ3v) is 4.38. The van der Waals surface area contributed by atoms with Gasteiger partial charge in [-0.15, -0.1) is 0 Å². The van der Waals surface area contributed by atoms with Crippen molar-refractivity contribution in [3.8, 4) is 0 Å². The summed E-state index contributed by atoms with van der Waals surface area (Å²) in [5, 5.41) is 13.1. The van der Waals surface area contributed by atoms with Crippen LogP contribution in [0, 0.1) is 23.7 Å².